The monoisotopic (exact) mass is 677 g/mol. The number of amides is 1. The maximum Gasteiger partial charge on any atom is 0.418 e. The van der Waals surface area contributed by atoms with E-state index in [1.54, 1.807) is 0 Å². The van der Waals surface area contributed by atoms with Crippen molar-refractivity contribution in [2.75, 3.05) is 19.5 Å². The number of methoxy groups -OCH3 is 2. The van der Waals surface area contributed by atoms with Gasteiger partial charge in [-0.15, -0.1) is 0 Å². The average Bonchev–Trinajstić information content (AvgIpc) is 3.01. The predicted molar refractivity (Wildman–Crippen MR) is 155 cm³/mol. The summed E-state index contributed by atoms with van der Waals surface area (Å²) >= 11 is 0. The first-order valence-electron chi connectivity index (χ1n) is 13.4. The Hall–Kier alpha value is -6.13. The number of carboxylic acids is 1. The van der Waals surface area contributed by atoms with Crippen LogP contribution in [0.15, 0.2) is 60.7 Å². The molecule has 3 aromatic carbocycles. The molecule has 0 unspecified atom stereocenters. The largest absolute Gasteiger partial charge is 0.493 e. The molecule has 0 heterocycles. The summed E-state index contributed by atoms with van der Waals surface area (Å²) in [6.07, 6.45) is -10.2. The summed E-state index contributed by atoms with van der Waals surface area (Å²) in [6.45, 7) is 2.20. The predicted octanol–water partition coefficient (Wildman–Crippen LogP) is 4.05. The number of carbonyl (C=O) groups excluding carboxylic acids is 5. The van der Waals surface area contributed by atoms with Gasteiger partial charge in [0.15, 0.2) is 23.0 Å². The molecule has 0 aliphatic rings. The molecule has 1 amide bonds. The first-order valence-corrected chi connectivity index (χ1v) is 13.4. The number of esters is 4. The summed E-state index contributed by atoms with van der Waals surface area (Å²) in [5.74, 6) is -8.48. The van der Waals surface area contributed by atoms with Crippen LogP contribution in [0, 0.1) is 0 Å². The standard InChI is InChI=1S/C31H26F3NO13/c1-15(36)45-21-11-9-17(13-23(21)43-3)29(41)47-25(27(38)35-20-8-6-5-7-19(20)31(32,33)34)26(28(39)40)48-30(42)18-10-12-22(46-16(2)37)24(14-18)44-4/h5-14,25-26H,1-4H3,(H,35,38)(H,39,40)/t25-,26-/m0/s1. The molecule has 3 aromatic rings. The Morgan fingerprint density at radius 2 is 1.15 bits per heavy atom. The third kappa shape index (κ3) is 9.21. The lowest BCUT2D eigenvalue weighted by Crippen LogP contribution is -2.48. The van der Waals surface area contributed by atoms with E-state index in [4.69, 9.17) is 28.4 Å². The highest BCUT2D eigenvalue weighted by Crippen LogP contribution is 2.35. The Labute approximate surface area is 269 Å². The lowest BCUT2D eigenvalue weighted by Gasteiger charge is -2.24. The van der Waals surface area contributed by atoms with Crippen molar-refractivity contribution in [1.82, 2.24) is 0 Å². The highest BCUT2D eigenvalue weighted by atomic mass is 19.4. The molecule has 48 heavy (non-hydrogen) atoms. The molecule has 14 nitrogen and oxygen atoms in total. The lowest BCUT2D eigenvalue weighted by molar-refractivity contribution is -0.157. The van der Waals surface area contributed by atoms with Crippen LogP contribution in [-0.4, -0.2) is 67.3 Å². The zero-order valence-electron chi connectivity index (χ0n) is 25.4. The van der Waals surface area contributed by atoms with Gasteiger partial charge in [-0.1, -0.05) is 12.1 Å². The summed E-state index contributed by atoms with van der Waals surface area (Å²) in [5.41, 5.74) is -2.92. The third-order valence-electron chi connectivity index (χ3n) is 6.04. The second-order valence-electron chi connectivity index (χ2n) is 9.44. The number of benzene rings is 3. The van der Waals surface area contributed by atoms with E-state index < -0.39 is 71.0 Å². The first kappa shape index (κ1) is 36.3. The minimum absolute atomic E-state index is 0.110. The van der Waals surface area contributed by atoms with Crippen LogP contribution < -0.4 is 24.3 Å². The summed E-state index contributed by atoms with van der Waals surface area (Å²) in [6, 6.07) is 10.0. The van der Waals surface area contributed by atoms with Gasteiger partial charge in [-0.05, 0) is 48.5 Å². The van der Waals surface area contributed by atoms with Crippen LogP contribution in [0.3, 0.4) is 0 Å². The van der Waals surface area contributed by atoms with E-state index in [0.717, 1.165) is 68.4 Å². The Balaban J connectivity index is 2.03. The fourth-order valence-corrected chi connectivity index (χ4v) is 3.97. The number of nitrogens with one attached hydrogen (secondary N) is 1. The van der Waals surface area contributed by atoms with Gasteiger partial charge in [-0.3, -0.25) is 14.4 Å². The number of carboxylic acid groups (broad SMARTS) is 1. The molecule has 0 aliphatic heterocycles. The number of rotatable bonds is 12. The van der Waals surface area contributed by atoms with Crippen LogP contribution in [0.25, 0.3) is 0 Å². The van der Waals surface area contributed by atoms with Gasteiger partial charge in [0.1, 0.15) is 0 Å². The van der Waals surface area contributed by atoms with E-state index in [-0.39, 0.29) is 28.6 Å². The molecular weight excluding hydrogens is 651 g/mol. The van der Waals surface area contributed by atoms with Gasteiger partial charge in [-0.2, -0.15) is 13.2 Å². The number of carbonyl (C=O) groups is 6. The van der Waals surface area contributed by atoms with Gasteiger partial charge in [0.25, 0.3) is 5.91 Å². The zero-order chi connectivity index (χ0) is 35.8. The van der Waals surface area contributed by atoms with Gasteiger partial charge < -0.3 is 38.8 Å². The molecule has 0 bridgehead atoms. The molecule has 0 fully saturated rings. The van der Waals surface area contributed by atoms with Crippen molar-refractivity contribution >= 4 is 41.4 Å². The summed E-state index contributed by atoms with van der Waals surface area (Å²) < 4.78 is 71.1. The zero-order valence-corrected chi connectivity index (χ0v) is 25.4. The minimum Gasteiger partial charge on any atom is -0.493 e. The molecule has 3 rings (SSSR count). The number of para-hydroxylation sites is 1. The number of hydrogen-bond donors (Lipinski definition) is 2. The quantitative estimate of drug-likeness (QED) is 0.206. The van der Waals surface area contributed by atoms with E-state index in [9.17, 15) is 47.0 Å². The number of halogens is 3. The fourth-order valence-electron chi connectivity index (χ4n) is 3.97. The van der Waals surface area contributed by atoms with Crippen LogP contribution in [0.2, 0.25) is 0 Å². The van der Waals surface area contributed by atoms with Gasteiger partial charge in [0.05, 0.1) is 36.6 Å². The maximum absolute atomic E-state index is 13.6. The summed E-state index contributed by atoms with van der Waals surface area (Å²) in [4.78, 5) is 74.8. The molecule has 17 heteroatoms. The van der Waals surface area contributed by atoms with Crippen molar-refractivity contribution in [3.8, 4) is 23.0 Å². The van der Waals surface area contributed by atoms with E-state index >= 15 is 0 Å². The summed E-state index contributed by atoms with van der Waals surface area (Å²) in [5, 5.41) is 11.9. The second-order valence-corrected chi connectivity index (χ2v) is 9.44. The SMILES string of the molecule is COc1cc(C(=O)O[C@H](C(=O)O)[C@H](OC(=O)c2ccc(OC(C)=O)c(OC)c2)C(=O)Nc2ccccc2C(F)(F)F)ccc1OC(C)=O. The number of aliphatic carboxylic acids is 1. The number of ether oxygens (including phenoxy) is 6. The molecule has 0 radical (unpaired) electrons. The average molecular weight is 678 g/mol. The van der Waals surface area contributed by atoms with Gasteiger partial charge in [0, 0.05) is 13.8 Å². The first-order chi connectivity index (χ1) is 22.5. The molecule has 0 aromatic heterocycles. The van der Waals surface area contributed by atoms with Crippen molar-refractivity contribution in [1.29, 1.82) is 0 Å². The molecule has 2 atom stereocenters. The van der Waals surface area contributed by atoms with Crippen molar-refractivity contribution in [3.63, 3.8) is 0 Å². The number of anilines is 1. The van der Waals surface area contributed by atoms with E-state index in [1.165, 1.54) is 14.2 Å². The van der Waals surface area contributed by atoms with Crippen molar-refractivity contribution < 1.29 is 75.5 Å². The normalized spacial score (nSPS) is 12.1. The van der Waals surface area contributed by atoms with Gasteiger partial charge >= 0.3 is 36.0 Å². The highest BCUT2D eigenvalue weighted by molar-refractivity contribution is 6.02. The molecule has 2 N–H and O–H groups in total. The Kier molecular flexibility index (Phi) is 11.7. The van der Waals surface area contributed by atoms with E-state index in [2.05, 4.69) is 0 Å². The lowest BCUT2D eigenvalue weighted by atomic mass is 10.1. The van der Waals surface area contributed by atoms with Crippen LogP contribution in [0.4, 0.5) is 18.9 Å². The Morgan fingerprint density at radius 3 is 1.56 bits per heavy atom. The minimum atomic E-state index is -4.97. The second kappa shape index (κ2) is 15.4. The van der Waals surface area contributed by atoms with Crippen molar-refractivity contribution in [2.45, 2.75) is 32.2 Å². The van der Waals surface area contributed by atoms with Crippen molar-refractivity contribution in [2.24, 2.45) is 0 Å². The third-order valence-corrected chi connectivity index (χ3v) is 6.04. The van der Waals surface area contributed by atoms with Crippen molar-refractivity contribution in [3.05, 3.63) is 77.4 Å². The number of alkyl halides is 3. The van der Waals surface area contributed by atoms with Crippen LogP contribution in [-0.2, 0) is 34.8 Å². The molecular formula is C31H26F3NO13. The summed E-state index contributed by atoms with van der Waals surface area (Å²) in [7, 11) is 2.34. The van der Waals surface area contributed by atoms with E-state index in [1.807, 2.05) is 5.32 Å². The smallest absolute Gasteiger partial charge is 0.418 e. The molecule has 0 saturated carbocycles. The Bertz CT molecular complexity index is 1740. The molecule has 0 saturated heterocycles. The molecule has 0 aliphatic carbocycles. The van der Waals surface area contributed by atoms with Crippen LogP contribution >= 0.6 is 0 Å². The molecule has 0 spiro atoms. The van der Waals surface area contributed by atoms with Gasteiger partial charge in [0.2, 0.25) is 12.2 Å². The van der Waals surface area contributed by atoms with E-state index in [0.29, 0.717) is 6.07 Å². The highest BCUT2D eigenvalue weighted by Gasteiger charge is 2.42. The van der Waals surface area contributed by atoms with Gasteiger partial charge in [-0.25, -0.2) is 14.4 Å². The Morgan fingerprint density at radius 1 is 0.688 bits per heavy atom. The van der Waals surface area contributed by atoms with Crippen LogP contribution in [0.1, 0.15) is 40.1 Å². The number of hydrogen-bond acceptors (Lipinski definition) is 12. The topological polar surface area (TPSA) is 190 Å². The van der Waals surface area contributed by atoms with Crippen LogP contribution in [0.5, 0.6) is 23.0 Å². The molecule has 254 valence electrons. The maximum atomic E-state index is 13.6. The fraction of sp³-hybridized carbons (Fsp3) is 0.226.